The van der Waals surface area contributed by atoms with E-state index in [1.54, 1.807) is 6.07 Å². The van der Waals surface area contributed by atoms with Crippen LogP contribution >= 0.6 is 23.4 Å². The summed E-state index contributed by atoms with van der Waals surface area (Å²) in [6, 6.07) is 8.93. The fourth-order valence-corrected chi connectivity index (χ4v) is 3.04. The Labute approximate surface area is 126 Å². The van der Waals surface area contributed by atoms with Gasteiger partial charge in [0.1, 0.15) is 11.6 Å². The Balaban J connectivity index is 2.34. The predicted octanol–water partition coefficient (Wildman–Crippen LogP) is 4.88. The number of hydrogen-bond acceptors (Lipinski definition) is 2. The van der Waals surface area contributed by atoms with Crippen molar-refractivity contribution in [1.82, 2.24) is 5.32 Å². The third-order valence-corrected chi connectivity index (χ3v) is 4.37. The van der Waals surface area contributed by atoms with Crippen molar-refractivity contribution in [3.8, 4) is 0 Å². The van der Waals surface area contributed by atoms with E-state index < -0.39 is 11.6 Å². The van der Waals surface area contributed by atoms with E-state index in [9.17, 15) is 8.78 Å². The van der Waals surface area contributed by atoms with E-state index in [2.05, 4.69) is 5.32 Å². The van der Waals surface area contributed by atoms with Crippen LogP contribution < -0.4 is 5.32 Å². The van der Waals surface area contributed by atoms with Crippen LogP contribution in [0.15, 0.2) is 46.2 Å². The van der Waals surface area contributed by atoms with E-state index in [0.717, 1.165) is 40.9 Å². The molecule has 0 heterocycles. The third-order valence-electron chi connectivity index (χ3n) is 2.72. The number of halogens is 3. The Bertz CT molecular complexity index is 604. The lowest BCUT2D eigenvalue weighted by molar-refractivity contribution is 0.577. The molecule has 0 spiro atoms. The smallest absolute Gasteiger partial charge is 0.137 e. The fraction of sp³-hybridized carbons (Fsp3) is 0.200. The maximum atomic E-state index is 13.7. The van der Waals surface area contributed by atoms with Gasteiger partial charge in [-0.05, 0) is 36.4 Å². The minimum absolute atomic E-state index is 0.232. The number of hydrogen-bond donors (Lipinski definition) is 1. The molecule has 1 nitrogen and oxygen atoms in total. The van der Waals surface area contributed by atoms with Gasteiger partial charge in [-0.25, -0.2) is 8.78 Å². The van der Waals surface area contributed by atoms with Crippen LogP contribution in [0.2, 0.25) is 5.02 Å². The van der Waals surface area contributed by atoms with Crippen LogP contribution in [0.3, 0.4) is 0 Å². The Morgan fingerprint density at radius 2 is 2.00 bits per heavy atom. The summed E-state index contributed by atoms with van der Waals surface area (Å²) in [5.41, 5.74) is 0.966. The molecule has 0 saturated heterocycles. The van der Waals surface area contributed by atoms with Gasteiger partial charge >= 0.3 is 0 Å². The summed E-state index contributed by atoms with van der Waals surface area (Å²) >= 11 is 7.33. The second-order valence-corrected chi connectivity index (χ2v) is 5.64. The van der Waals surface area contributed by atoms with Gasteiger partial charge in [0.05, 0.1) is 9.92 Å². The van der Waals surface area contributed by atoms with Gasteiger partial charge in [0.25, 0.3) is 0 Å². The molecule has 20 heavy (non-hydrogen) atoms. The van der Waals surface area contributed by atoms with Gasteiger partial charge in [0, 0.05) is 11.4 Å². The lowest BCUT2D eigenvalue weighted by atomic mass is 10.2. The van der Waals surface area contributed by atoms with E-state index in [4.69, 9.17) is 11.6 Å². The molecule has 2 rings (SSSR count). The van der Waals surface area contributed by atoms with E-state index in [1.807, 2.05) is 19.1 Å². The molecule has 106 valence electrons. The first kappa shape index (κ1) is 15.3. The first-order valence-electron chi connectivity index (χ1n) is 6.23. The summed E-state index contributed by atoms with van der Waals surface area (Å²) in [5, 5.41) is 3.74. The molecular weight excluding hydrogens is 300 g/mol. The van der Waals surface area contributed by atoms with Crippen molar-refractivity contribution in [1.29, 1.82) is 0 Å². The molecule has 0 unspecified atom stereocenters. The lowest BCUT2D eigenvalue weighted by Gasteiger charge is -2.12. The van der Waals surface area contributed by atoms with Crippen LogP contribution in [-0.4, -0.2) is 6.54 Å². The zero-order chi connectivity index (χ0) is 14.5. The zero-order valence-electron chi connectivity index (χ0n) is 10.9. The highest BCUT2D eigenvalue weighted by molar-refractivity contribution is 7.99. The Hall–Kier alpha value is -1.10. The van der Waals surface area contributed by atoms with E-state index in [-0.39, 0.29) is 4.90 Å². The largest absolute Gasteiger partial charge is 0.313 e. The van der Waals surface area contributed by atoms with Crippen molar-refractivity contribution in [3.63, 3.8) is 0 Å². The van der Waals surface area contributed by atoms with Crippen LogP contribution in [0.4, 0.5) is 8.78 Å². The topological polar surface area (TPSA) is 12.0 Å². The molecule has 1 N–H and O–H groups in total. The quantitative estimate of drug-likeness (QED) is 0.844. The van der Waals surface area contributed by atoms with E-state index in [0.29, 0.717) is 11.6 Å². The second-order valence-electron chi connectivity index (χ2n) is 4.19. The molecule has 5 heteroatoms. The maximum Gasteiger partial charge on any atom is 0.137 e. The fourth-order valence-electron chi connectivity index (χ4n) is 1.73. The Kier molecular flexibility index (Phi) is 5.40. The minimum atomic E-state index is -0.464. The van der Waals surface area contributed by atoms with Crippen LogP contribution in [0, 0.1) is 11.6 Å². The van der Waals surface area contributed by atoms with Crippen LogP contribution in [-0.2, 0) is 6.54 Å². The molecule has 0 atom stereocenters. The molecule has 0 amide bonds. The van der Waals surface area contributed by atoms with Gasteiger partial charge in [-0.3, -0.25) is 0 Å². The number of nitrogens with one attached hydrogen (secondary N) is 1. The van der Waals surface area contributed by atoms with Crippen LogP contribution in [0.25, 0.3) is 0 Å². The molecule has 0 aliphatic heterocycles. The average molecular weight is 314 g/mol. The SMILES string of the molecule is CCNCc1cccc(Cl)c1Sc1cc(F)ccc1F. The molecule has 2 aromatic rings. The predicted molar refractivity (Wildman–Crippen MR) is 79.3 cm³/mol. The van der Waals surface area contributed by atoms with Crippen molar-refractivity contribution in [2.75, 3.05) is 6.54 Å². The molecule has 0 aromatic heterocycles. The monoisotopic (exact) mass is 313 g/mol. The van der Waals surface area contributed by atoms with Crippen molar-refractivity contribution in [2.45, 2.75) is 23.3 Å². The first-order chi connectivity index (χ1) is 9.61. The van der Waals surface area contributed by atoms with E-state index >= 15 is 0 Å². The second kappa shape index (κ2) is 7.07. The van der Waals surface area contributed by atoms with Gasteiger partial charge in [-0.1, -0.05) is 42.4 Å². The summed E-state index contributed by atoms with van der Waals surface area (Å²) < 4.78 is 27.0. The molecule has 0 saturated carbocycles. The summed E-state index contributed by atoms with van der Waals surface area (Å²) in [6.07, 6.45) is 0. The minimum Gasteiger partial charge on any atom is -0.313 e. The normalized spacial score (nSPS) is 10.8. The van der Waals surface area contributed by atoms with E-state index in [1.165, 1.54) is 6.07 Å². The molecule has 2 aromatic carbocycles. The van der Waals surface area contributed by atoms with Gasteiger partial charge in [-0.2, -0.15) is 0 Å². The molecule has 0 bridgehead atoms. The van der Waals surface area contributed by atoms with Crippen molar-refractivity contribution < 1.29 is 8.78 Å². The van der Waals surface area contributed by atoms with Gasteiger partial charge in [-0.15, -0.1) is 0 Å². The number of rotatable bonds is 5. The van der Waals surface area contributed by atoms with Gasteiger partial charge in [0.15, 0.2) is 0 Å². The summed E-state index contributed by atoms with van der Waals surface area (Å²) in [4.78, 5) is 0.982. The summed E-state index contributed by atoms with van der Waals surface area (Å²) in [5.74, 6) is -0.917. The van der Waals surface area contributed by atoms with Crippen LogP contribution in [0.5, 0.6) is 0 Å². The highest BCUT2D eigenvalue weighted by Gasteiger charge is 2.12. The highest BCUT2D eigenvalue weighted by Crippen LogP contribution is 2.37. The third kappa shape index (κ3) is 3.72. The van der Waals surface area contributed by atoms with Gasteiger partial charge in [0.2, 0.25) is 0 Å². The maximum absolute atomic E-state index is 13.7. The summed E-state index contributed by atoms with van der Waals surface area (Å²) in [6.45, 7) is 3.46. The molecule has 0 aliphatic rings. The zero-order valence-corrected chi connectivity index (χ0v) is 12.5. The van der Waals surface area contributed by atoms with Crippen molar-refractivity contribution in [2.24, 2.45) is 0 Å². The molecule has 0 fully saturated rings. The van der Waals surface area contributed by atoms with Crippen molar-refractivity contribution >= 4 is 23.4 Å². The van der Waals surface area contributed by atoms with Crippen LogP contribution in [0.1, 0.15) is 12.5 Å². The summed E-state index contributed by atoms with van der Waals surface area (Å²) in [7, 11) is 0. The Morgan fingerprint density at radius 3 is 2.75 bits per heavy atom. The average Bonchev–Trinajstić information content (AvgIpc) is 2.43. The Morgan fingerprint density at radius 1 is 1.20 bits per heavy atom. The lowest BCUT2D eigenvalue weighted by Crippen LogP contribution is -2.12. The molecule has 0 radical (unpaired) electrons. The molecular formula is C15H14ClF2NS. The highest BCUT2D eigenvalue weighted by atomic mass is 35.5. The van der Waals surface area contributed by atoms with Gasteiger partial charge < -0.3 is 5.32 Å². The number of benzene rings is 2. The standard InChI is InChI=1S/C15H14ClF2NS/c1-2-19-9-10-4-3-5-12(16)15(10)20-14-8-11(17)6-7-13(14)18/h3-8,19H,2,9H2,1H3. The molecule has 0 aliphatic carbocycles. The first-order valence-corrected chi connectivity index (χ1v) is 7.42. The van der Waals surface area contributed by atoms with Crippen molar-refractivity contribution in [3.05, 3.63) is 58.6 Å².